The molecule has 1 N–H and O–H groups in total. The highest BCUT2D eigenvalue weighted by Gasteiger charge is 2.13. The normalized spacial score (nSPS) is 12.4. The van der Waals surface area contributed by atoms with Crippen molar-refractivity contribution in [3.63, 3.8) is 0 Å². The van der Waals surface area contributed by atoms with Crippen LogP contribution in [0.5, 0.6) is 0 Å². The van der Waals surface area contributed by atoms with Crippen LogP contribution >= 0.6 is 0 Å². The van der Waals surface area contributed by atoms with Gasteiger partial charge in [-0.05, 0) is 37.2 Å². The Kier molecular flexibility index (Phi) is 4.05. The smallest absolute Gasteiger partial charge is 0.127 e. The van der Waals surface area contributed by atoms with Crippen molar-refractivity contribution in [3.8, 4) is 0 Å². The Hall–Kier alpha value is -1.74. The van der Waals surface area contributed by atoms with Crippen LogP contribution in [0, 0.1) is 11.6 Å². The van der Waals surface area contributed by atoms with E-state index in [4.69, 9.17) is 0 Å². The van der Waals surface area contributed by atoms with Crippen LogP contribution in [-0.4, -0.2) is 7.05 Å². The van der Waals surface area contributed by atoms with Crippen LogP contribution in [0.4, 0.5) is 8.78 Å². The maximum Gasteiger partial charge on any atom is 0.127 e. The van der Waals surface area contributed by atoms with Crippen LogP contribution < -0.4 is 5.32 Å². The van der Waals surface area contributed by atoms with Gasteiger partial charge in [-0.3, -0.25) is 0 Å². The number of rotatable bonds is 4. The molecule has 0 aliphatic heterocycles. The molecule has 0 saturated heterocycles. The summed E-state index contributed by atoms with van der Waals surface area (Å²) in [7, 11) is 1.79. The molecule has 0 aromatic heterocycles. The number of hydrogen-bond acceptors (Lipinski definition) is 1. The minimum Gasteiger partial charge on any atom is -0.313 e. The Morgan fingerprint density at radius 3 is 2.28 bits per heavy atom. The van der Waals surface area contributed by atoms with Crippen molar-refractivity contribution in [2.24, 2.45) is 0 Å². The van der Waals surface area contributed by atoms with Gasteiger partial charge in [-0.25, -0.2) is 8.78 Å². The second-order valence-electron chi connectivity index (χ2n) is 4.19. The standard InChI is InChI=1S/C15H15F2N/c1-18-15(13-4-2-3-5-14(13)17)10-11-6-8-12(16)9-7-11/h2-9,15,18H,10H2,1H3. The van der Waals surface area contributed by atoms with Crippen molar-refractivity contribution >= 4 is 0 Å². The molecule has 0 amide bonds. The number of nitrogens with one attached hydrogen (secondary N) is 1. The Morgan fingerprint density at radius 1 is 1.00 bits per heavy atom. The van der Waals surface area contributed by atoms with E-state index in [0.29, 0.717) is 12.0 Å². The highest BCUT2D eigenvalue weighted by atomic mass is 19.1. The molecule has 0 heterocycles. The molecule has 2 rings (SSSR count). The predicted molar refractivity (Wildman–Crippen MR) is 68.3 cm³/mol. The lowest BCUT2D eigenvalue weighted by Crippen LogP contribution is -2.20. The van der Waals surface area contributed by atoms with E-state index in [-0.39, 0.29) is 17.7 Å². The van der Waals surface area contributed by atoms with Gasteiger partial charge in [0, 0.05) is 11.6 Å². The summed E-state index contributed by atoms with van der Waals surface area (Å²) >= 11 is 0. The molecule has 0 bridgehead atoms. The monoisotopic (exact) mass is 247 g/mol. The van der Waals surface area contributed by atoms with Gasteiger partial charge >= 0.3 is 0 Å². The fraction of sp³-hybridized carbons (Fsp3) is 0.200. The third-order valence-corrected chi connectivity index (χ3v) is 2.98. The lowest BCUT2D eigenvalue weighted by molar-refractivity contribution is 0.533. The summed E-state index contributed by atoms with van der Waals surface area (Å²) in [5, 5.41) is 3.09. The lowest BCUT2D eigenvalue weighted by atomic mass is 9.98. The average Bonchev–Trinajstić information content (AvgIpc) is 2.39. The Balaban J connectivity index is 2.20. The van der Waals surface area contributed by atoms with E-state index >= 15 is 0 Å². The van der Waals surface area contributed by atoms with Gasteiger partial charge in [0.2, 0.25) is 0 Å². The summed E-state index contributed by atoms with van der Waals surface area (Å²) in [6.45, 7) is 0. The topological polar surface area (TPSA) is 12.0 Å². The van der Waals surface area contributed by atoms with E-state index in [2.05, 4.69) is 5.32 Å². The van der Waals surface area contributed by atoms with Crippen molar-refractivity contribution in [2.45, 2.75) is 12.5 Å². The van der Waals surface area contributed by atoms with Gasteiger partial charge in [0.25, 0.3) is 0 Å². The van der Waals surface area contributed by atoms with Crippen molar-refractivity contribution in [2.75, 3.05) is 7.05 Å². The number of halogens is 2. The van der Waals surface area contributed by atoms with Crippen molar-refractivity contribution in [1.29, 1.82) is 0 Å². The molecule has 0 spiro atoms. The molecule has 1 nitrogen and oxygen atoms in total. The first-order chi connectivity index (χ1) is 8.70. The second kappa shape index (κ2) is 5.74. The zero-order valence-electron chi connectivity index (χ0n) is 10.2. The van der Waals surface area contributed by atoms with Crippen LogP contribution in [0.3, 0.4) is 0 Å². The molecule has 1 atom stereocenters. The van der Waals surface area contributed by atoms with Gasteiger partial charge in [-0.15, -0.1) is 0 Å². The zero-order chi connectivity index (χ0) is 13.0. The molecule has 0 fully saturated rings. The first kappa shape index (κ1) is 12.7. The Labute approximate surface area is 105 Å². The number of benzene rings is 2. The second-order valence-corrected chi connectivity index (χ2v) is 4.19. The minimum atomic E-state index is -0.259. The largest absolute Gasteiger partial charge is 0.313 e. The molecular formula is C15H15F2N. The van der Waals surface area contributed by atoms with E-state index in [1.807, 2.05) is 6.07 Å². The summed E-state index contributed by atoms with van der Waals surface area (Å²) in [6, 6.07) is 12.9. The molecule has 0 radical (unpaired) electrons. The third kappa shape index (κ3) is 2.93. The molecule has 0 saturated carbocycles. The van der Waals surface area contributed by atoms with Gasteiger partial charge in [-0.2, -0.15) is 0 Å². The zero-order valence-corrected chi connectivity index (χ0v) is 10.2. The van der Waals surface area contributed by atoms with E-state index in [1.165, 1.54) is 18.2 Å². The first-order valence-corrected chi connectivity index (χ1v) is 5.87. The maximum absolute atomic E-state index is 13.7. The molecule has 94 valence electrons. The van der Waals surface area contributed by atoms with Crippen LogP contribution in [0.1, 0.15) is 17.2 Å². The highest BCUT2D eigenvalue weighted by molar-refractivity contribution is 5.25. The minimum absolute atomic E-state index is 0.114. The highest BCUT2D eigenvalue weighted by Crippen LogP contribution is 2.20. The molecule has 1 unspecified atom stereocenters. The maximum atomic E-state index is 13.7. The number of hydrogen-bond donors (Lipinski definition) is 1. The SMILES string of the molecule is CNC(Cc1ccc(F)cc1)c1ccccc1F. The fourth-order valence-electron chi connectivity index (χ4n) is 1.98. The molecule has 2 aromatic carbocycles. The summed E-state index contributed by atoms with van der Waals surface area (Å²) in [6.07, 6.45) is 0.623. The van der Waals surface area contributed by atoms with Crippen LogP contribution in [0.15, 0.2) is 48.5 Å². The summed E-state index contributed by atoms with van der Waals surface area (Å²) in [5.41, 5.74) is 1.60. The van der Waals surface area contributed by atoms with Crippen molar-refractivity contribution in [1.82, 2.24) is 5.32 Å². The number of likely N-dealkylation sites (N-methyl/N-ethyl adjacent to an activating group) is 1. The summed E-state index contributed by atoms with van der Waals surface area (Å²) in [4.78, 5) is 0. The van der Waals surface area contributed by atoms with Gasteiger partial charge in [-0.1, -0.05) is 30.3 Å². The van der Waals surface area contributed by atoms with Crippen molar-refractivity contribution in [3.05, 3.63) is 71.3 Å². The van der Waals surface area contributed by atoms with Crippen molar-refractivity contribution < 1.29 is 8.78 Å². The fourth-order valence-corrected chi connectivity index (χ4v) is 1.98. The molecule has 2 aromatic rings. The van der Waals surface area contributed by atoms with Gasteiger partial charge in [0.15, 0.2) is 0 Å². The van der Waals surface area contributed by atoms with E-state index < -0.39 is 0 Å². The van der Waals surface area contributed by atoms with Crippen LogP contribution in [0.25, 0.3) is 0 Å². The molecule has 18 heavy (non-hydrogen) atoms. The van der Waals surface area contributed by atoms with Crippen LogP contribution in [0.2, 0.25) is 0 Å². The lowest BCUT2D eigenvalue weighted by Gasteiger charge is -2.17. The summed E-state index contributed by atoms with van der Waals surface area (Å²) < 4.78 is 26.5. The average molecular weight is 247 g/mol. The van der Waals surface area contributed by atoms with Gasteiger partial charge < -0.3 is 5.32 Å². The van der Waals surface area contributed by atoms with E-state index in [1.54, 1.807) is 31.3 Å². The molecule has 0 aliphatic carbocycles. The summed E-state index contributed by atoms with van der Waals surface area (Å²) in [5.74, 6) is -0.482. The van der Waals surface area contributed by atoms with Gasteiger partial charge in [0.1, 0.15) is 11.6 Å². The Bertz CT molecular complexity index is 508. The molecule has 3 heteroatoms. The quantitative estimate of drug-likeness (QED) is 0.872. The van der Waals surface area contributed by atoms with E-state index in [0.717, 1.165) is 5.56 Å². The van der Waals surface area contributed by atoms with Gasteiger partial charge in [0.05, 0.1) is 0 Å². The first-order valence-electron chi connectivity index (χ1n) is 5.87. The Morgan fingerprint density at radius 2 is 1.67 bits per heavy atom. The molecular weight excluding hydrogens is 232 g/mol. The molecule has 0 aliphatic rings. The predicted octanol–water partition coefficient (Wildman–Crippen LogP) is 3.47. The van der Waals surface area contributed by atoms with Crippen LogP contribution in [-0.2, 0) is 6.42 Å². The third-order valence-electron chi connectivity index (χ3n) is 2.98. The van der Waals surface area contributed by atoms with E-state index in [9.17, 15) is 8.78 Å².